The molecule has 17 heavy (non-hydrogen) atoms. The van der Waals surface area contributed by atoms with Crippen molar-refractivity contribution in [1.29, 1.82) is 0 Å². The Kier molecular flexibility index (Phi) is 4.75. The molecule has 1 aromatic rings. The van der Waals surface area contributed by atoms with Crippen LogP contribution in [0.2, 0.25) is 0 Å². The van der Waals surface area contributed by atoms with Gasteiger partial charge < -0.3 is 10.0 Å². The van der Waals surface area contributed by atoms with Crippen molar-refractivity contribution < 1.29 is 9.90 Å². The standard InChI is InChI=1S/C13H16BrNO2/c1-9(2)15(3)12-6-5-11(14)8-10(12)4-7-13(16)17/h4-9H,1-3H3,(H,16,17)/b7-4+. The number of benzene rings is 1. The number of anilines is 1. The molecule has 0 unspecified atom stereocenters. The van der Waals surface area contributed by atoms with Crippen molar-refractivity contribution in [2.75, 3.05) is 11.9 Å². The van der Waals surface area contributed by atoms with E-state index >= 15 is 0 Å². The summed E-state index contributed by atoms with van der Waals surface area (Å²) in [6.45, 7) is 4.18. The van der Waals surface area contributed by atoms with Crippen molar-refractivity contribution in [3.05, 3.63) is 34.3 Å². The molecule has 0 amide bonds. The number of hydrogen-bond acceptors (Lipinski definition) is 2. The first kappa shape index (κ1) is 13.8. The molecule has 1 aromatic carbocycles. The summed E-state index contributed by atoms with van der Waals surface area (Å²) in [4.78, 5) is 12.7. The molecule has 0 radical (unpaired) electrons. The first-order valence-corrected chi connectivity index (χ1v) is 6.14. The molecule has 0 aliphatic heterocycles. The Morgan fingerprint density at radius 1 is 1.47 bits per heavy atom. The smallest absolute Gasteiger partial charge is 0.328 e. The van der Waals surface area contributed by atoms with Gasteiger partial charge in [0.2, 0.25) is 0 Å². The van der Waals surface area contributed by atoms with Gasteiger partial charge in [0, 0.05) is 29.3 Å². The van der Waals surface area contributed by atoms with Crippen molar-refractivity contribution in [3.63, 3.8) is 0 Å². The molecule has 0 aliphatic carbocycles. The summed E-state index contributed by atoms with van der Waals surface area (Å²) < 4.78 is 0.934. The van der Waals surface area contributed by atoms with E-state index in [1.807, 2.05) is 25.2 Å². The van der Waals surface area contributed by atoms with Gasteiger partial charge >= 0.3 is 5.97 Å². The van der Waals surface area contributed by atoms with Crippen molar-refractivity contribution >= 4 is 33.7 Å². The highest BCUT2D eigenvalue weighted by atomic mass is 79.9. The molecule has 0 heterocycles. The van der Waals surface area contributed by atoms with E-state index in [9.17, 15) is 4.79 Å². The van der Waals surface area contributed by atoms with Gasteiger partial charge in [0.1, 0.15) is 0 Å². The van der Waals surface area contributed by atoms with Crippen LogP contribution in [0.4, 0.5) is 5.69 Å². The zero-order valence-corrected chi connectivity index (χ0v) is 11.7. The molecule has 92 valence electrons. The predicted octanol–water partition coefficient (Wildman–Crippen LogP) is 3.39. The second-order valence-electron chi connectivity index (χ2n) is 4.08. The van der Waals surface area contributed by atoms with Gasteiger partial charge in [-0.05, 0) is 43.7 Å². The number of hydrogen-bond donors (Lipinski definition) is 1. The molecule has 1 rings (SSSR count). The molecule has 4 heteroatoms. The zero-order chi connectivity index (χ0) is 13.0. The Labute approximate surface area is 110 Å². The van der Waals surface area contributed by atoms with Crippen molar-refractivity contribution in [1.82, 2.24) is 0 Å². The van der Waals surface area contributed by atoms with Crippen LogP contribution in [0.1, 0.15) is 19.4 Å². The molecule has 0 saturated carbocycles. The molecule has 0 spiro atoms. The Balaban J connectivity index is 3.16. The van der Waals surface area contributed by atoms with Gasteiger partial charge in [-0.1, -0.05) is 15.9 Å². The molecule has 0 bridgehead atoms. The third-order valence-corrected chi connectivity index (χ3v) is 3.04. The topological polar surface area (TPSA) is 40.5 Å². The first-order chi connectivity index (χ1) is 7.91. The second kappa shape index (κ2) is 5.87. The fourth-order valence-corrected chi connectivity index (χ4v) is 1.80. The molecular formula is C13H16BrNO2. The van der Waals surface area contributed by atoms with Crippen LogP contribution in [-0.2, 0) is 4.79 Å². The molecule has 3 nitrogen and oxygen atoms in total. The normalized spacial score (nSPS) is 11.1. The van der Waals surface area contributed by atoms with Crippen LogP contribution in [0.3, 0.4) is 0 Å². The molecular weight excluding hydrogens is 282 g/mol. The van der Waals surface area contributed by atoms with Gasteiger partial charge in [0.25, 0.3) is 0 Å². The van der Waals surface area contributed by atoms with E-state index in [-0.39, 0.29) is 0 Å². The third-order valence-electron chi connectivity index (χ3n) is 2.55. The van der Waals surface area contributed by atoms with Gasteiger partial charge in [-0.15, -0.1) is 0 Å². The Hall–Kier alpha value is -1.29. The maximum Gasteiger partial charge on any atom is 0.328 e. The van der Waals surface area contributed by atoms with E-state index in [0.717, 1.165) is 21.8 Å². The van der Waals surface area contributed by atoms with Gasteiger partial charge in [0.05, 0.1) is 0 Å². The summed E-state index contributed by atoms with van der Waals surface area (Å²) in [6.07, 6.45) is 2.76. The zero-order valence-electron chi connectivity index (χ0n) is 10.1. The lowest BCUT2D eigenvalue weighted by Crippen LogP contribution is -2.26. The molecule has 0 atom stereocenters. The number of rotatable bonds is 4. The number of carboxylic acids is 1. The minimum Gasteiger partial charge on any atom is -0.478 e. The molecule has 0 fully saturated rings. The number of carboxylic acid groups (broad SMARTS) is 1. The van der Waals surface area contributed by atoms with E-state index in [1.54, 1.807) is 6.08 Å². The van der Waals surface area contributed by atoms with Crippen LogP contribution in [-0.4, -0.2) is 24.2 Å². The van der Waals surface area contributed by atoms with E-state index in [0.29, 0.717) is 6.04 Å². The number of aliphatic carboxylic acids is 1. The largest absolute Gasteiger partial charge is 0.478 e. The fourth-order valence-electron chi connectivity index (χ4n) is 1.42. The van der Waals surface area contributed by atoms with Crippen molar-refractivity contribution in [2.45, 2.75) is 19.9 Å². The van der Waals surface area contributed by atoms with E-state index in [1.165, 1.54) is 0 Å². The van der Waals surface area contributed by atoms with Crippen LogP contribution in [0, 0.1) is 0 Å². The number of carbonyl (C=O) groups is 1. The number of halogens is 1. The lowest BCUT2D eigenvalue weighted by atomic mass is 10.1. The summed E-state index contributed by atoms with van der Waals surface area (Å²) in [5, 5.41) is 8.67. The minimum atomic E-state index is -0.942. The molecule has 0 saturated heterocycles. The maximum atomic E-state index is 10.6. The molecule has 0 aromatic heterocycles. The number of nitrogens with zero attached hydrogens (tertiary/aromatic N) is 1. The predicted molar refractivity (Wildman–Crippen MR) is 74.4 cm³/mol. The quantitative estimate of drug-likeness (QED) is 0.866. The second-order valence-corrected chi connectivity index (χ2v) is 5.00. The lowest BCUT2D eigenvalue weighted by Gasteiger charge is -2.25. The van der Waals surface area contributed by atoms with Crippen LogP contribution in [0.5, 0.6) is 0 Å². The van der Waals surface area contributed by atoms with E-state index in [2.05, 4.69) is 34.7 Å². The van der Waals surface area contributed by atoms with Crippen LogP contribution in [0.15, 0.2) is 28.7 Å². The lowest BCUT2D eigenvalue weighted by molar-refractivity contribution is -0.131. The maximum absolute atomic E-state index is 10.6. The van der Waals surface area contributed by atoms with Crippen LogP contribution >= 0.6 is 15.9 Å². The summed E-state index contributed by atoms with van der Waals surface area (Å²) >= 11 is 3.39. The molecule has 1 N–H and O–H groups in total. The van der Waals surface area contributed by atoms with Crippen molar-refractivity contribution in [3.8, 4) is 0 Å². The SMILES string of the molecule is CC(C)N(C)c1ccc(Br)cc1/C=C/C(=O)O. The minimum absolute atomic E-state index is 0.355. The van der Waals surface area contributed by atoms with Gasteiger partial charge in [-0.25, -0.2) is 4.79 Å². The summed E-state index contributed by atoms with van der Waals surface area (Å²) in [7, 11) is 1.99. The highest BCUT2D eigenvalue weighted by Gasteiger charge is 2.09. The summed E-state index contributed by atoms with van der Waals surface area (Å²) in [5.74, 6) is -0.942. The summed E-state index contributed by atoms with van der Waals surface area (Å²) in [6, 6.07) is 6.19. The monoisotopic (exact) mass is 297 g/mol. The fraction of sp³-hybridized carbons (Fsp3) is 0.308. The third kappa shape index (κ3) is 3.89. The Morgan fingerprint density at radius 2 is 2.12 bits per heavy atom. The van der Waals surface area contributed by atoms with Crippen LogP contribution < -0.4 is 4.90 Å². The van der Waals surface area contributed by atoms with E-state index < -0.39 is 5.97 Å². The van der Waals surface area contributed by atoms with E-state index in [4.69, 9.17) is 5.11 Å². The average Bonchev–Trinajstić information content (AvgIpc) is 2.25. The first-order valence-electron chi connectivity index (χ1n) is 5.35. The van der Waals surface area contributed by atoms with Gasteiger partial charge in [-0.2, -0.15) is 0 Å². The van der Waals surface area contributed by atoms with Gasteiger partial charge in [0.15, 0.2) is 0 Å². The highest BCUT2D eigenvalue weighted by Crippen LogP contribution is 2.26. The Morgan fingerprint density at radius 3 is 2.65 bits per heavy atom. The molecule has 0 aliphatic rings. The highest BCUT2D eigenvalue weighted by molar-refractivity contribution is 9.10. The average molecular weight is 298 g/mol. The van der Waals surface area contributed by atoms with Gasteiger partial charge in [-0.3, -0.25) is 0 Å². The Bertz CT molecular complexity index is 441. The van der Waals surface area contributed by atoms with Crippen LogP contribution in [0.25, 0.3) is 6.08 Å². The summed E-state index contributed by atoms with van der Waals surface area (Å²) in [5.41, 5.74) is 1.90. The van der Waals surface area contributed by atoms with Crippen molar-refractivity contribution in [2.24, 2.45) is 0 Å².